The molecule has 0 aromatic carbocycles. The lowest BCUT2D eigenvalue weighted by molar-refractivity contribution is 0.0998. The molecule has 0 bridgehead atoms. The summed E-state index contributed by atoms with van der Waals surface area (Å²) in [6.07, 6.45) is 2.90. The van der Waals surface area contributed by atoms with Gasteiger partial charge in [-0.15, -0.1) is 22.9 Å². The number of hydrogen-bond donors (Lipinski definition) is 0. The quantitative estimate of drug-likeness (QED) is 0.706. The van der Waals surface area contributed by atoms with Crippen LogP contribution in [0.15, 0.2) is 6.20 Å². The number of methoxy groups -OCH3 is 1. The molecule has 0 saturated heterocycles. The van der Waals surface area contributed by atoms with Crippen molar-refractivity contribution in [3.63, 3.8) is 0 Å². The fraction of sp³-hybridized carbons (Fsp3) is 0.625. The van der Waals surface area contributed by atoms with Gasteiger partial charge in [0.15, 0.2) is 0 Å². The van der Waals surface area contributed by atoms with Crippen LogP contribution in [0.2, 0.25) is 0 Å². The zero-order chi connectivity index (χ0) is 8.97. The zero-order valence-corrected chi connectivity index (χ0v) is 8.78. The molecule has 0 aliphatic rings. The standard InChI is InChI=1S/C8H12ClNOS/c1-3-7(11-2)8-10-5-6(4-9)12-8/h5,7H,3-4H2,1-2H3. The summed E-state index contributed by atoms with van der Waals surface area (Å²) in [5.41, 5.74) is 0. The first kappa shape index (κ1) is 9.96. The summed E-state index contributed by atoms with van der Waals surface area (Å²) >= 11 is 7.28. The fourth-order valence-electron chi connectivity index (χ4n) is 0.975. The van der Waals surface area contributed by atoms with Gasteiger partial charge in [-0.05, 0) is 6.42 Å². The molecule has 0 N–H and O–H groups in total. The van der Waals surface area contributed by atoms with Gasteiger partial charge < -0.3 is 4.74 Å². The second kappa shape index (κ2) is 4.80. The molecule has 1 aromatic heterocycles. The van der Waals surface area contributed by atoms with Gasteiger partial charge in [0.2, 0.25) is 0 Å². The minimum atomic E-state index is 0.131. The van der Waals surface area contributed by atoms with Crippen LogP contribution in [0.1, 0.15) is 29.3 Å². The van der Waals surface area contributed by atoms with Crippen molar-refractivity contribution in [1.82, 2.24) is 4.98 Å². The summed E-state index contributed by atoms with van der Waals surface area (Å²) < 4.78 is 5.25. The summed E-state index contributed by atoms with van der Waals surface area (Å²) in [6.45, 7) is 2.08. The Morgan fingerprint density at radius 1 is 1.75 bits per heavy atom. The third-order valence-electron chi connectivity index (χ3n) is 1.63. The summed E-state index contributed by atoms with van der Waals surface area (Å²) in [7, 11) is 1.70. The Hall–Kier alpha value is -0.120. The number of rotatable bonds is 4. The largest absolute Gasteiger partial charge is 0.374 e. The second-order valence-electron chi connectivity index (χ2n) is 2.43. The predicted molar refractivity (Wildman–Crippen MR) is 51.7 cm³/mol. The smallest absolute Gasteiger partial charge is 0.122 e. The first-order valence-electron chi connectivity index (χ1n) is 3.85. The van der Waals surface area contributed by atoms with E-state index in [2.05, 4.69) is 11.9 Å². The van der Waals surface area contributed by atoms with E-state index in [1.54, 1.807) is 18.4 Å². The van der Waals surface area contributed by atoms with Gasteiger partial charge in [0, 0.05) is 18.2 Å². The molecule has 0 spiro atoms. The van der Waals surface area contributed by atoms with Crippen molar-refractivity contribution < 1.29 is 4.74 Å². The van der Waals surface area contributed by atoms with Crippen LogP contribution >= 0.6 is 22.9 Å². The lowest BCUT2D eigenvalue weighted by Crippen LogP contribution is -1.97. The SMILES string of the molecule is CCC(OC)c1ncc(CCl)s1. The van der Waals surface area contributed by atoms with Crippen LogP contribution in [0, 0.1) is 0 Å². The Morgan fingerprint density at radius 2 is 2.50 bits per heavy atom. The molecular weight excluding hydrogens is 194 g/mol. The summed E-state index contributed by atoms with van der Waals surface area (Å²) in [5, 5.41) is 1.02. The molecule has 2 nitrogen and oxygen atoms in total. The summed E-state index contributed by atoms with van der Waals surface area (Å²) in [6, 6.07) is 0. The van der Waals surface area contributed by atoms with E-state index >= 15 is 0 Å². The summed E-state index contributed by atoms with van der Waals surface area (Å²) in [5.74, 6) is 0.539. The molecule has 1 heterocycles. The van der Waals surface area contributed by atoms with Crippen molar-refractivity contribution in [2.24, 2.45) is 0 Å². The normalized spacial score (nSPS) is 13.2. The maximum atomic E-state index is 5.66. The Kier molecular flexibility index (Phi) is 3.98. The van der Waals surface area contributed by atoms with Gasteiger partial charge in [0.25, 0.3) is 0 Å². The number of alkyl halides is 1. The number of halogens is 1. The monoisotopic (exact) mass is 205 g/mol. The second-order valence-corrected chi connectivity index (χ2v) is 3.85. The van der Waals surface area contributed by atoms with Gasteiger partial charge in [0.05, 0.1) is 5.88 Å². The molecule has 1 atom stereocenters. The lowest BCUT2D eigenvalue weighted by atomic mass is 10.3. The highest BCUT2D eigenvalue weighted by molar-refractivity contribution is 7.11. The van der Waals surface area contributed by atoms with E-state index in [0.29, 0.717) is 5.88 Å². The number of hydrogen-bond acceptors (Lipinski definition) is 3. The molecule has 0 amide bonds. The third-order valence-corrected chi connectivity index (χ3v) is 3.17. The molecule has 1 aromatic rings. The van der Waals surface area contributed by atoms with E-state index in [1.807, 2.05) is 6.20 Å². The number of ether oxygens (including phenoxy) is 1. The molecule has 0 aliphatic heterocycles. The van der Waals surface area contributed by atoms with E-state index in [4.69, 9.17) is 16.3 Å². The molecule has 1 unspecified atom stereocenters. The van der Waals surface area contributed by atoms with Crippen molar-refractivity contribution >= 4 is 22.9 Å². The molecular formula is C8H12ClNOS. The van der Waals surface area contributed by atoms with Gasteiger partial charge in [0.1, 0.15) is 11.1 Å². The van der Waals surface area contributed by atoms with Gasteiger partial charge in [-0.25, -0.2) is 4.98 Å². The van der Waals surface area contributed by atoms with Gasteiger partial charge in [-0.2, -0.15) is 0 Å². The Morgan fingerprint density at radius 3 is 2.92 bits per heavy atom. The minimum Gasteiger partial charge on any atom is -0.374 e. The molecule has 0 fully saturated rings. The van der Waals surface area contributed by atoms with Crippen LogP contribution in [0.5, 0.6) is 0 Å². The molecule has 0 saturated carbocycles. The van der Waals surface area contributed by atoms with E-state index in [9.17, 15) is 0 Å². The van der Waals surface area contributed by atoms with Crippen molar-refractivity contribution in [3.05, 3.63) is 16.1 Å². The van der Waals surface area contributed by atoms with Crippen LogP contribution in [0.3, 0.4) is 0 Å². The van der Waals surface area contributed by atoms with Crippen LogP contribution in [0.25, 0.3) is 0 Å². The highest BCUT2D eigenvalue weighted by Gasteiger charge is 2.11. The van der Waals surface area contributed by atoms with Crippen molar-refractivity contribution in [1.29, 1.82) is 0 Å². The van der Waals surface area contributed by atoms with Crippen molar-refractivity contribution in [3.8, 4) is 0 Å². The van der Waals surface area contributed by atoms with Crippen LogP contribution < -0.4 is 0 Å². The van der Waals surface area contributed by atoms with Crippen LogP contribution in [-0.4, -0.2) is 12.1 Å². The number of nitrogens with zero attached hydrogens (tertiary/aromatic N) is 1. The van der Waals surface area contributed by atoms with Crippen molar-refractivity contribution in [2.75, 3.05) is 7.11 Å². The van der Waals surface area contributed by atoms with E-state index < -0.39 is 0 Å². The molecule has 0 aliphatic carbocycles. The van der Waals surface area contributed by atoms with Gasteiger partial charge in [-0.1, -0.05) is 6.92 Å². The van der Waals surface area contributed by atoms with Gasteiger partial charge in [-0.3, -0.25) is 0 Å². The maximum Gasteiger partial charge on any atom is 0.122 e. The molecule has 4 heteroatoms. The topological polar surface area (TPSA) is 22.1 Å². The first-order chi connectivity index (χ1) is 5.81. The van der Waals surface area contributed by atoms with E-state index in [1.165, 1.54) is 0 Å². The fourth-order valence-corrected chi connectivity index (χ4v) is 2.14. The average molecular weight is 206 g/mol. The van der Waals surface area contributed by atoms with E-state index in [-0.39, 0.29) is 6.10 Å². The maximum absolute atomic E-state index is 5.66. The minimum absolute atomic E-state index is 0.131. The van der Waals surface area contributed by atoms with Crippen molar-refractivity contribution in [2.45, 2.75) is 25.3 Å². The number of aromatic nitrogens is 1. The Bertz CT molecular complexity index is 235. The third kappa shape index (κ3) is 2.19. The Balaban J connectivity index is 2.72. The predicted octanol–water partition coefficient (Wildman–Crippen LogP) is 2.98. The van der Waals surface area contributed by atoms with Crippen LogP contribution in [0.4, 0.5) is 0 Å². The first-order valence-corrected chi connectivity index (χ1v) is 5.20. The molecule has 0 radical (unpaired) electrons. The highest BCUT2D eigenvalue weighted by Crippen LogP contribution is 2.25. The zero-order valence-electron chi connectivity index (χ0n) is 7.21. The Labute approximate surface area is 81.5 Å². The lowest BCUT2D eigenvalue weighted by Gasteiger charge is -2.07. The molecule has 12 heavy (non-hydrogen) atoms. The summed E-state index contributed by atoms with van der Waals surface area (Å²) in [4.78, 5) is 5.34. The van der Waals surface area contributed by atoms with E-state index in [0.717, 1.165) is 16.3 Å². The van der Waals surface area contributed by atoms with Crippen LogP contribution in [-0.2, 0) is 10.6 Å². The average Bonchev–Trinajstić information content (AvgIpc) is 2.55. The van der Waals surface area contributed by atoms with Gasteiger partial charge >= 0.3 is 0 Å². The number of thiazole rings is 1. The highest BCUT2D eigenvalue weighted by atomic mass is 35.5. The molecule has 1 rings (SSSR count). The molecule has 68 valence electrons.